The van der Waals surface area contributed by atoms with Gasteiger partial charge in [-0.2, -0.15) is 15.6 Å². The smallest absolute Gasteiger partial charge is 0.243 e. The summed E-state index contributed by atoms with van der Waals surface area (Å²) in [5.41, 5.74) is 1.86. The monoisotopic (exact) mass is 470 g/mol. The van der Waals surface area contributed by atoms with Crippen molar-refractivity contribution < 1.29 is 8.42 Å². The summed E-state index contributed by atoms with van der Waals surface area (Å²) in [5, 5.41) is 5.41. The zero-order chi connectivity index (χ0) is 21.4. The molecule has 0 N–H and O–H groups in total. The summed E-state index contributed by atoms with van der Waals surface area (Å²) in [6, 6.07) is 16.3. The molecule has 0 saturated carbocycles. The van der Waals surface area contributed by atoms with Gasteiger partial charge in [-0.05, 0) is 41.8 Å². The first kappa shape index (κ1) is 20.4. The van der Waals surface area contributed by atoms with Crippen LogP contribution in [0.3, 0.4) is 0 Å². The quantitative estimate of drug-likeness (QED) is 0.438. The molecule has 2 aromatic heterocycles. The maximum absolute atomic E-state index is 13.0. The second kappa shape index (κ2) is 8.20. The first-order valence-electron chi connectivity index (χ1n) is 9.82. The second-order valence-corrected chi connectivity index (χ2v) is 10.4. The van der Waals surface area contributed by atoms with Crippen LogP contribution in [-0.2, 0) is 10.0 Å². The van der Waals surface area contributed by atoms with E-state index in [1.165, 1.54) is 10.4 Å². The Bertz CT molecular complexity index is 1330. The molecule has 0 amide bonds. The molecule has 1 aliphatic heterocycles. The molecule has 0 spiro atoms. The molecule has 0 unspecified atom stereocenters. The van der Waals surface area contributed by atoms with Crippen molar-refractivity contribution in [3.05, 3.63) is 70.4 Å². The number of fused-ring (bicyclic) bond motifs is 1. The molecule has 2 aromatic carbocycles. The van der Waals surface area contributed by atoms with Gasteiger partial charge >= 0.3 is 0 Å². The molecule has 158 valence electrons. The molecule has 6 nitrogen and oxygen atoms in total. The molecule has 1 aliphatic rings. The van der Waals surface area contributed by atoms with E-state index in [1.807, 2.05) is 41.1 Å². The number of hydrogen-bond acceptors (Lipinski definition) is 6. The highest BCUT2D eigenvalue weighted by molar-refractivity contribution is 7.89. The number of thiophene rings is 1. The Morgan fingerprint density at radius 2 is 1.74 bits per heavy atom. The third-order valence-electron chi connectivity index (χ3n) is 5.33. The van der Waals surface area contributed by atoms with Crippen molar-refractivity contribution in [1.29, 1.82) is 0 Å². The highest BCUT2D eigenvalue weighted by Crippen LogP contribution is 2.30. The summed E-state index contributed by atoms with van der Waals surface area (Å²) in [6.07, 6.45) is 0. The minimum Gasteiger partial charge on any atom is -0.353 e. The van der Waals surface area contributed by atoms with E-state index >= 15 is 0 Å². The molecule has 0 radical (unpaired) electrons. The number of aromatic nitrogens is 2. The molecule has 5 rings (SSSR count). The molecular weight excluding hydrogens is 452 g/mol. The zero-order valence-corrected chi connectivity index (χ0v) is 18.9. The number of rotatable bonds is 4. The Balaban J connectivity index is 1.44. The number of sulfonamides is 1. The van der Waals surface area contributed by atoms with Crippen LogP contribution in [0.15, 0.2) is 70.3 Å². The Kier molecular flexibility index (Phi) is 5.39. The van der Waals surface area contributed by atoms with Crippen molar-refractivity contribution in [2.45, 2.75) is 4.90 Å². The van der Waals surface area contributed by atoms with E-state index in [9.17, 15) is 8.42 Å². The number of nitrogens with zero attached hydrogens (tertiary/aromatic N) is 4. The Morgan fingerprint density at radius 1 is 0.935 bits per heavy atom. The number of anilines is 1. The first-order valence-corrected chi connectivity index (χ1v) is 12.6. The summed E-state index contributed by atoms with van der Waals surface area (Å²) in [5.74, 6) is 1.52. The van der Waals surface area contributed by atoms with Crippen LogP contribution in [0.5, 0.6) is 0 Å². The maximum atomic E-state index is 13.0. The van der Waals surface area contributed by atoms with Crippen molar-refractivity contribution in [2.75, 3.05) is 31.1 Å². The molecule has 1 saturated heterocycles. The van der Waals surface area contributed by atoms with Gasteiger partial charge in [-0.3, -0.25) is 0 Å². The lowest BCUT2D eigenvalue weighted by atomic mass is 10.2. The average Bonchev–Trinajstić information content (AvgIpc) is 3.33. The third kappa shape index (κ3) is 3.92. The van der Waals surface area contributed by atoms with Crippen molar-refractivity contribution in [3.8, 4) is 11.4 Å². The highest BCUT2D eigenvalue weighted by atomic mass is 35.5. The lowest BCUT2D eigenvalue weighted by molar-refractivity contribution is 0.384. The number of para-hydroxylation sites is 1. The minimum absolute atomic E-state index is 0.223. The van der Waals surface area contributed by atoms with Gasteiger partial charge in [-0.15, -0.1) is 0 Å². The lowest BCUT2D eigenvalue weighted by Gasteiger charge is -2.35. The van der Waals surface area contributed by atoms with Gasteiger partial charge in [0.2, 0.25) is 10.0 Å². The highest BCUT2D eigenvalue weighted by Gasteiger charge is 2.30. The average molecular weight is 471 g/mol. The topological polar surface area (TPSA) is 66.4 Å². The summed E-state index contributed by atoms with van der Waals surface area (Å²) in [4.78, 5) is 12.0. The number of hydrogen-bond donors (Lipinski definition) is 0. The molecule has 0 atom stereocenters. The van der Waals surface area contributed by atoms with E-state index in [-0.39, 0.29) is 4.90 Å². The Hall–Kier alpha value is -2.52. The van der Waals surface area contributed by atoms with E-state index in [0.29, 0.717) is 37.0 Å². The second-order valence-electron chi connectivity index (χ2n) is 7.25. The van der Waals surface area contributed by atoms with Gasteiger partial charge in [0.1, 0.15) is 5.82 Å². The molecule has 0 aliphatic carbocycles. The lowest BCUT2D eigenvalue weighted by Crippen LogP contribution is -2.49. The van der Waals surface area contributed by atoms with E-state index in [1.54, 1.807) is 29.5 Å². The fourth-order valence-corrected chi connectivity index (χ4v) is 6.10. The largest absolute Gasteiger partial charge is 0.353 e. The standard InChI is InChI=1S/C22H19ClN4O2S2/c23-17-4-3-5-18(14-17)31(28,29)27-11-9-26(10-12-27)22-19-6-1-2-7-20(19)24-21(25-22)16-8-13-30-15-16/h1-8,13-15H,9-12H2. The van der Waals surface area contributed by atoms with Gasteiger partial charge in [-0.1, -0.05) is 29.8 Å². The van der Waals surface area contributed by atoms with Gasteiger partial charge in [0.25, 0.3) is 0 Å². The van der Waals surface area contributed by atoms with Gasteiger partial charge in [0.05, 0.1) is 10.4 Å². The van der Waals surface area contributed by atoms with E-state index in [4.69, 9.17) is 21.6 Å². The van der Waals surface area contributed by atoms with Crippen LogP contribution in [0.1, 0.15) is 0 Å². The normalized spacial score (nSPS) is 15.5. The Morgan fingerprint density at radius 3 is 2.48 bits per heavy atom. The zero-order valence-electron chi connectivity index (χ0n) is 16.5. The van der Waals surface area contributed by atoms with Crippen molar-refractivity contribution in [3.63, 3.8) is 0 Å². The minimum atomic E-state index is -3.59. The summed E-state index contributed by atoms with van der Waals surface area (Å²) < 4.78 is 27.6. The van der Waals surface area contributed by atoms with Crippen LogP contribution < -0.4 is 4.90 Å². The van der Waals surface area contributed by atoms with E-state index < -0.39 is 10.0 Å². The van der Waals surface area contributed by atoms with Gasteiger partial charge in [0.15, 0.2) is 5.82 Å². The van der Waals surface area contributed by atoms with Crippen LogP contribution in [0, 0.1) is 0 Å². The summed E-state index contributed by atoms with van der Waals surface area (Å²) in [7, 11) is -3.59. The van der Waals surface area contributed by atoms with Crippen LogP contribution in [-0.4, -0.2) is 48.9 Å². The Labute approximate surface area is 189 Å². The van der Waals surface area contributed by atoms with Crippen LogP contribution in [0.2, 0.25) is 5.02 Å². The van der Waals surface area contributed by atoms with E-state index in [0.717, 1.165) is 22.3 Å². The molecule has 31 heavy (non-hydrogen) atoms. The van der Waals surface area contributed by atoms with Crippen LogP contribution in [0.25, 0.3) is 22.3 Å². The van der Waals surface area contributed by atoms with Crippen molar-refractivity contribution in [2.24, 2.45) is 0 Å². The predicted molar refractivity (Wildman–Crippen MR) is 125 cm³/mol. The fraction of sp³-hybridized carbons (Fsp3) is 0.182. The van der Waals surface area contributed by atoms with E-state index in [2.05, 4.69) is 4.90 Å². The first-order chi connectivity index (χ1) is 15.0. The molecule has 4 aromatic rings. The van der Waals surface area contributed by atoms with Gasteiger partial charge < -0.3 is 4.90 Å². The summed E-state index contributed by atoms with van der Waals surface area (Å²) in [6.45, 7) is 1.84. The molecule has 3 heterocycles. The number of benzene rings is 2. The van der Waals surface area contributed by atoms with Gasteiger partial charge in [-0.25, -0.2) is 18.4 Å². The number of piperazine rings is 1. The van der Waals surface area contributed by atoms with Gasteiger partial charge in [0, 0.05) is 47.5 Å². The fourth-order valence-electron chi connectivity index (χ4n) is 3.74. The SMILES string of the molecule is O=S(=O)(c1cccc(Cl)c1)N1CCN(c2nc(-c3ccsc3)nc3ccccc23)CC1. The molecule has 0 bridgehead atoms. The molecule has 9 heteroatoms. The van der Waals surface area contributed by atoms with Crippen molar-refractivity contribution >= 4 is 49.7 Å². The third-order valence-corrected chi connectivity index (χ3v) is 8.15. The number of halogens is 1. The van der Waals surface area contributed by atoms with Crippen LogP contribution in [0.4, 0.5) is 5.82 Å². The maximum Gasteiger partial charge on any atom is 0.243 e. The van der Waals surface area contributed by atoms with Crippen molar-refractivity contribution in [1.82, 2.24) is 14.3 Å². The van der Waals surface area contributed by atoms with Crippen LogP contribution >= 0.6 is 22.9 Å². The molecular formula is C22H19ClN4O2S2. The summed E-state index contributed by atoms with van der Waals surface area (Å²) >= 11 is 7.61. The molecule has 1 fully saturated rings. The predicted octanol–water partition coefficient (Wildman–Crippen LogP) is 4.52.